The third-order valence-corrected chi connectivity index (χ3v) is 5.26. The summed E-state index contributed by atoms with van der Waals surface area (Å²) in [5.41, 5.74) is 5.44. The Bertz CT molecular complexity index is 974. The van der Waals surface area contributed by atoms with E-state index in [0.29, 0.717) is 5.16 Å². The third-order valence-electron chi connectivity index (χ3n) is 4.06. The van der Waals surface area contributed by atoms with Crippen LogP contribution in [0.3, 0.4) is 0 Å². The summed E-state index contributed by atoms with van der Waals surface area (Å²) in [7, 11) is 0. The van der Waals surface area contributed by atoms with E-state index in [1.165, 1.54) is 29.1 Å². The minimum atomic E-state index is -0.341. The van der Waals surface area contributed by atoms with E-state index in [1.807, 2.05) is 32.0 Å². The van der Waals surface area contributed by atoms with Crippen LogP contribution in [0.2, 0.25) is 5.02 Å². The lowest BCUT2D eigenvalue weighted by atomic mass is 10.1. The molecule has 0 spiro atoms. The Morgan fingerprint density at radius 3 is 2.48 bits per heavy atom. The van der Waals surface area contributed by atoms with E-state index in [1.54, 1.807) is 0 Å². The van der Waals surface area contributed by atoms with E-state index in [9.17, 15) is 4.79 Å². The number of amides is 1. The Balaban J connectivity index is 1.74. The summed E-state index contributed by atoms with van der Waals surface area (Å²) in [6.45, 7) is 6.02. The highest BCUT2D eigenvalue weighted by molar-refractivity contribution is 7.98. The molecular formula is C21H20ClN3OS. The molecule has 0 atom stereocenters. The molecule has 2 aromatic carbocycles. The van der Waals surface area contributed by atoms with Gasteiger partial charge < -0.3 is 5.32 Å². The number of nitrogens with zero attached hydrogens (tertiary/aromatic N) is 2. The van der Waals surface area contributed by atoms with Crippen molar-refractivity contribution in [3.05, 3.63) is 81.6 Å². The molecule has 3 rings (SSSR count). The quantitative estimate of drug-likeness (QED) is 0.449. The predicted octanol–water partition coefficient (Wildman–Crippen LogP) is 5.60. The van der Waals surface area contributed by atoms with E-state index in [-0.39, 0.29) is 16.6 Å². The van der Waals surface area contributed by atoms with Crippen molar-refractivity contribution >= 4 is 35.0 Å². The number of rotatable bonds is 5. The number of carbonyl (C=O) groups is 1. The molecule has 0 unspecified atom stereocenters. The van der Waals surface area contributed by atoms with Gasteiger partial charge in [-0.05, 0) is 38.0 Å². The summed E-state index contributed by atoms with van der Waals surface area (Å²) in [5, 5.41) is 3.63. The van der Waals surface area contributed by atoms with Gasteiger partial charge >= 0.3 is 0 Å². The maximum Gasteiger partial charge on any atom is 0.275 e. The Kier molecular flexibility index (Phi) is 6.14. The number of anilines is 1. The molecule has 0 saturated carbocycles. The first-order valence-corrected chi connectivity index (χ1v) is 9.88. The van der Waals surface area contributed by atoms with Gasteiger partial charge in [-0.1, -0.05) is 70.9 Å². The maximum atomic E-state index is 12.6. The third kappa shape index (κ3) is 5.08. The zero-order valence-electron chi connectivity index (χ0n) is 15.4. The van der Waals surface area contributed by atoms with Crippen LogP contribution in [-0.4, -0.2) is 15.9 Å². The van der Waals surface area contributed by atoms with Crippen molar-refractivity contribution in [2.75, 3.05) is 5.32 Å². The van der Waals surface area contributed by atoms with Crippen LogP contribution in [0.25, 0.3) is 0 Å². The fourth-order valence-electron chi connectivity index (χ4n) is 2.55. The van der Waals surface area contributed by atoms with Gasteiger partial charge in [0.2, 0.25) is 0 Å². The highest BCUT2D eigenvalue weighted by Gasteiger charge is 2.15. The first-order valence-electron chi connectivity index (χ1n) is 8.52. The Labute approximate surface area is 168 Å². The SMILES string of the molecule is Cc1ccc(CSc2ncc(Cl)c(C(=O)Nc3ccc(C)cc3C)n2)cc1. The molecule has 0 saturated heterocycles. The van der Waals surface area contributed by atoms with Crippen LogP contribution in [-0.2, 0) is 5.75 Å². The molecule has 0 aliphatic rings. The van der Waals surface area contributed by atoms with E-state index < -0.39 is 0 Å². The molecule has 1 aromatic heterocycles. The summed E-state index contributed by atoms with van der Waals surface area (Å²) >= 11 is 7.63. The monoisotopic (exact) mass is 397 g/mol. The standard InChI is InChI=1S/C21H20ClN3OS/c1-13-4-7-16(8-5-13)12-27-21-23-11-17(22)19(25-21)20(26)24-18-9-6-14(2)10-15(18)3/h4-11H,12H2,1-3H3,(H,24,26). The molecule has 0 aliphatic heterocycles. The van der Waals surface area contributed by atoms with E-state index in [0.717, 1.165) is 22.6 Å². The largest absolute Gasteiger partial charge is 0.320 e. The smallest absolute Gasteiger partial charge is 0.275 e. The second-order valence-electron chi connectivity index (χ2n) is 6.40. The van der Waals surface area contributed by atoms with Crippen molar-refractivity contribution in [2.45, 2.75) is 31.7 Å². The van der Waals surface area contributed by atoms with Crippen LogP contribution in [0.1, 0.15) is 32.7 Å². The van der Waals surface area contributed by atoms with Crippen LogP contribution < -0.4 is 5.32 Å². The molecule has 0 aliphatic carbocycles. The second kappa shape index (κ2) is 8.55. The summed E-state index contributed by atoms with van der Waals surface area (Å²) in [6.07, 6.45) is 1.48. The van der Waals surface area contributed by atoms with Crippen molar-refractivity contribution in [1.82, 2.24) is 9.97 Å². The van der Waals surface area contributed by atoms with Crippen LogP contribution in [0.4, 0.5) is 5.69 Å². The van der Waals surface area contributed by atoms with Gasteiger partial charge in [-0.2, -0.15) is 0 Å². The number of carbonyl (C=O) groups excluding carboxylic acids is 1. The van der Waals surface area contributed by atoms with Crippen molar-refractivity contribution in [1.29, 1.82) is 0 Å². The van der Waals surface area contributed by atoms with Crippen molar-refractivity contribution < 1.29 is 4.79 Å². The van der Waals surface area contributed by atoms with Crippen molar-refractivity contribution in [3.8, 4) is 0 Å². The molecule has 27 heavy (non-hydrogen) atoms. The van der Waals surface area contributed by atoms with Gasteiger partial charge in [0.25, 0.3) is 5.91 Å². The molecule has 138 valence electrons. The average Bonchev–Trinajstić information content (AvgIpc) is 2.64. The van der Waals surface area contributed by atoms with Crippen molar-refractivity contribution in [2.24, 2.45) is 0 Å². The number of benzene rings is 2. The average molecular weight is 398 g/mol. The topological polar surface area (TPSA) is 54.9 Å². The molecule has 1 heterocycles. The minimum Gasteiger partial charge on any atom is -0.320 e. The fraction of sp³-hybridized carbons (Fsp3) is 0.190. The van der Waals surface area contributed by atoms with Gasteiger partial charge in [0.15, 0.2) is 10.9 Å². The Morgan fingerprint density at radius 1 is 1.07 bits per heavy atom. The number of thioether (sulfide) groups is 1. The molecule has 0 bridgehead atoms. The van der Waals surface area contributed by atoms with Gasteiger partial charge in [-0.15, -0.1) is 0 Å². The van der Waals surface area contributed by atoms with E-state index >= 15 is 0 Å². The molecule has 0 radical (unpaired) electrons. The van der Waals surface area contributed by atoms with Crippen molar-refractivity contribution in [3.63, 3.8) is 0 Å². The lowest BCUT2D eigenvalue weighted by Gasteiger charge is -2.10. The zero-order valence-corrected chi connectivity index (χ0v) is 17.0. The lowest BCUT2D eigenvalue weighted by Crippen LogP contribution is -2.16. The van der Waals surface area contributed by atoms with E-state index in [4.69, 9.17) is 11.6 Å². The van der Waals surface area contributed by atoms with Crippen LogP contribution >= 0.6 is 23.4 Å². The summed E-state index contributed by atoms with van der Waals surface area (Å²) in [5.74, 6) is 0.381. The highest BCUT2D eigenvalue weighted by atomic mass is 35.5. The zero-order chi connectivity index (χ0) is 19.4. The number of aryl methyl sites for hydroxylation is 3. The first-order chi connectivity index (χ1) is 12.9. The summed E-state index contributed by atoms with van der Waals surface area (Å²) in [4.78, 5) is 21.2. The predicted molar refractivity (Wildman–Crippen MR) is 112 cm³/mol. The van der Waals surface area contributed by atoms with E-state index in [2.05, 4.69) is 46.5 Å². The molecule has 6 heteroatoms. The Morgan fingerprint density at radius 2 is 1.78 bits per heavy atom. The number of hydrogen-bond donors (Lipinski definition) is 1. The van der Waals surface area contributed by atoms with Gasteiger partial charge in [0, 0.05) is 11.4 Å². The first kappa shape index (κ1) is 19.4. The normalized spacial score (nSPS) is 10.7. The van der Waals surface area contributed by atoms with Gasteiger partial charge in [0.1, 0.15) is 0 Å². The molecule has 1 amide bonds. The van der Waals surface area contributed by atoms with Crippen LogP contribution in [0, 0.1) is 20.8 Å². The summed E-state index contributed by atoms with van der Waals surface area (Å²) in [6, 6.07) is 14.1. The van der Waals surface area contributed by atoms with Gasteiger partial charge in [-0.3, -0.25) is 4.79 Å². The number of halogens is 1. The molecule has 3 aromatic rings. The van der Waals surface area contributed by atoms with Gasteiger partial charge in [-0.25, -0.2) is 9.97 Å². The molecular weight excluding hydrogens is 378 g/mol. The maximum absolute atomic E-state index is 12.6. The molecule has 4 nitrogen and oxygen atoms in total. The van der Waals surface area contributed by atoms with Crippen LogP contribution in [0.15, 0.2) is 53.8 Å². The second-order valence-corrected chi connectivity index (χ2v) is 7.75. The lowest BCUT2D eigenvalue weighted by molar-refractivity contribution is 0.102. The number of hydrogen-bond acceptors (Lipinski definition) is 4. The van der Waals surface area contributed by atoms with Gasteiger partial charge in [0.05, 0.1) is 11.2 Å². The fourth-order valence-corrected chi connectivity index (χ4v) is 3.50. The molecule has 1 N–H and O–H groups in total. The van der Waals surface area contributed by atoms with Crippen LogP contribution in [0.5, 0.6) is 0 Å². The molecule has 0 fully saturated rings. The summed E-state index contributed by atoms with van der Waals surface area (Å²) < 4.78 is 0. The highest BCUT2D eigenvalue weighted by Crippen LogP contribution is 2.23. The minimum absolute atomic E-state index is 0.179. The number of nitrogens with one attached hydrogen (secondary N) is 1. The number of aromatic nitrogens is 2. The Hall–Kier alpha value is -2.37.